The molecular formula is C16H16N2O. The predicted octanol–water partition coefficient (Wildman–Crippen LogP) is 3.17. The summed E-state index contributed by atoms with van der Waals surface area (Å²) in [6, 6.07) is 10.1. The highest BCUT2D eigenvalue weighted by molar-refractivity contribution is 5.97. The topological polar surface area (TPSA) is 26.9 Å². The molecule has 3 aromatic rings. The molecule has 3 nitrogen and oxygen atoms in total. The van der Waals surface area contributed by atoms with Crippen LogP contribution in [0.25, 0.3) is 10.9 Å². The number of aromatic nitrogens is 2. The summed E-state index contributed by atoms with van der Waals surface area (Å²) in [5, 5.41) is 1.21. The first-order valence-electron chi connectivity index (χ1n) is 6.35. The van der Waals surface area contributed by atoms with E-state index in [1.54, 1.807) is 0 Å². The molecule has 0 amide bonds. The molecule has 0 bridgehead atoms. The smallest absolute Gasteiger partial charge is 0.184 e. The largest absolute Gasteiger partial charge is 0.357 e. The number of carbonyl (C=O) groups is 1. The van der Waals surface area contributed by atoms with E-state index in [0.29, 0.717) is 6.54 Å². The van der Waals surface area contributed by atoms with Crippen LogP contribution in [0.15, 0.2) is 48.9 Å². The van der Waals surface area contributed by atoms with E-state index in [2.05, 4.69) is 25.1 Å². The van der Waals surface area contributed by atoms with Crippen molar-refractivity contribution in [3.63, 3.8) is 0 Å². The number of rotatable bonds is 3. The maximum atomic E-state index is 12.2. The van der Waals surface area contributed by atoms with Gasteiger partial charge in [-0.15, -0.1) is 0 Å². The summed E-state index contributed by atoms with van der Waals surface area (Å²) in [6.07, 6.45) is 5.74. The number of benzene rings is 1. The lowest BCUT2D eigenvalue weighted by Crippen LogP contribution is -2.08. The monoisotopic (exact) mass is 252 g/mol. The van der Waals surface area contributed by atoms with Gasteiger partial charge in [-0.05, 0) is 30.7 Å². The quantitative estimate of drug-likeness (QED) is 0.658. The van der Waals surface area contributed by atoms with Gasteiger partial charge < -0.3 is 9.13 Å². The summed E-state index contributed by atoms with van der Waals surface area (Å²) >= 11 is 0. The van der Waals surface area contributed by atoms with Gasteiger partial charge in [0, 0.05) is 42.1 Å². The highest BCUT2D eigenvalue weighted by atomic mass is 16.1. The number of nitrogens with zero attached hydrogens (tertiary/aromatic N) is 2. The van der Waals surface area contributed by atoms with E-state index in [-0.39, 0.29) is 5.78 Å². The predicted molar refractivity (Wildman–Crippen MR) is 76.4 cm³/mol. The molecule has 0 N–H and O–H groups in total. The second kappa shape index (κ2) is 4.43. The van der Waals surface area contributed by atoms with E-state index < -0.39 is 0 Å². The van der Waals surface area contributed by atoms with Crippen molar-refractivity contribution in [1.29, 1.82) is 0 Å². The minimum atomic E-state index is 0.139. The molecule has 0 saturated carbocycles. The molecule has 0 atom stereocenters. The van der Waals surface area contributed by atoms with E-state index >= 15 is 0 Å². The van der Waals surface area contributed by atoms with Crippen LogP contribution in [0.5, 0.6) is 0 Å². The second-order valence-electron chi connectivity index (χ2n) is 4.94. The van der Waals surface area contributed by atoms with E-state index in [1.807, 2.05) is 46.9 Å². The van der Waals surface area contributed by atoms with Crippen molar-refractivity contribution >= 4 is 16.7 Å². The molecule has 3 rings (SSSR count). The fourth-order valence-corrected chi connectivity index (χ4v) is 2.43. The zero-order valence-electron chi connectivity index (χ0n) is 11.1. The van der Waals surface area contributed by atoms with Crippen LogP contribution in [0.1, 0.15) is 15.9 Å². The molecule has 1 aromatic carbocycles. The minimum Gasteiger partial charge on any atom is -0.357 e. The molecule has 0 radical (unpaired) electrons. The van der Waals surface area contributed by atoms with Gasteiger partial charge in [-0.2, -0.15) is 0 Å². The number of aryl methyl sites for hydroxylation is 2. The van der Waals surface area contributed by atoms with Crippen LogP contribution in [-0.4, -0.2) is 14.9 Å². The fourth-order valence-electron chi connectivity index (χ4n) is 2.43. The summed E-state index contributed by atoms with van der Waals surface area (Å²) in [4.78, 5) is 12.2. The average molecular weight is 252 g/mol. The van der Waals surface area contributed by atoms with Crippen molar-refractivity contribution in [1.82, 2.24) is 9.13 Å². The third-order valence-corrected chi connectivity index (χ3v) is 3.50. The van der Waals surface area contributed by atoms with Gasteiger partial charge in [-0.25, -0.2) is 0 Å². The number of hydrogen-bond donors (Lipinski definition) is 0. The van der Waals surface area contributed by atoms with E-state index in [1.165, 1.54) is 10.9 Å². The van der Waals surface area contributed by atoms with Crippen LogP contribution >= 0.6 is 0 Å². The summed E-state index contributed by atoms with van der Waals surface area (Å²) < 4.78 is 3.91. The molecule has 0 aliphatic heterocycles. The van der Waals surface area contributed by atoms with Crippen LogP contribution < -0.4 is 0 Å². The fraction of sp³-hybridized carbons (Fsp3) is 0.188. The lowest BCUT2D eigenvalue weighted by Gasteiger charge is -2.04. The Labute approximate surface area is 112 Å². The third-order valence-electron chi connectivity index (χ3n) is 3.50. The number of fused-ring (bicyclic) bond motifs is 1. The van der Waals surface area contributed by atoms with E-state index in [0.717, 1.165) is 11.1 Å². The van der Waals surface area contributed by atoms with Gasteiger partial charge in [0.1, 0.15) is 0 Å². The van der Waals surface area contributed by atoms with Crippen LogP contribution in [0, 0.1) is 6.92 Å². The van der Waals surface area contributed by atoms with Crippen molar-refractivity contribution < 1.29 is 4.79 Å². The molecular weight excluding hydrogens is 236 g/mol. The van der Waals surface area contributed by atoms with Gasteiger partial charge >= 0.3 is 0 Å². The number of ketones is 1. The first-order valence-corrected chi connectivity index (χ1v) is 6.35. The van der Waals surface area contributed by atoms with Gasteiger partial charge in [0.05, 0.1) is 6.54 Å². The third kappa shape index (κ3) is 2.08. The van der Waals surface area contributed by atoms with Crippen molar-refractivity contribution in [3.05, 3.63) is 60.0 Å². The molecule has 3 heteroatoms. The van der Waals surface area contributed by atoms with Gasteiger partial charge in [-0.3, -0.25) is 4.79 Å². The van der Waals surface area contributed by atoms with Crippen molar-refractivity contribution in [2.24, 2.45) is 7.05 Å². The number of Topliss-reactive ketones (excluding diaryl/α,β-unsaturated/α-hetero) is 1. The highest BCUT2D eigenvalue weighted by Crippen LogP contribution is 2.20. The highest BCUT2D eigenvalue weighted by Gasteiger charge is 2.10. The van der Waals surface area contributed by atoms with Gasteiger partial charge in [0.25, 0.3) is 0 Å². The molecule has 2 aromatic heterocycles. The van der Waals surface area contributed by atoms with E-state index in [4.69, 9.17) is 0 Å². The minimum absolute atomic E-state index is 0.139. The Hall–Kier alpha value is -2.29. The Morgan fingerprint density at radius 1 is 1.16 bits per heavy atom. The van der Waals surface area contributed by atoms with Gasteiger partial charge in [-0.1, -0.05) is 12.1 Å². The molecule has 0 fully saturated rings. The molecule has 19 heavy (non-hydrogen) atoms. The van der Waals surface area contributed by atoms with Gasteiger partial charge in [0.2, 0.25) is 0 Å². The second-order valence-corrected chi connectivity index (χ2v) is 4.94. The Bertz CT molecular complexity index is 749. The first-order chi connectivity index (χ1) is 9.15. The zero-order chi connectivity index (χ0) is 13.4. The number of carbonyl (C=O) groups excluding carboxylic acids is 1. The maximum Gasteiger partial charge on any atom is 0.184 e. The molecule has 0 spiro atoms. The van der Waals surface area contributed by atoms with Crippen LogP contribution in [0.3, 0.4) is 0 Å². The van der Waals surface area contributed by atoms with Gasteiger partial charge in [0.15, 0.2) is 5.78 Å². The summed E-state index contributed by atoms with van der Waals surface area (Å²) in [5.41, 5.74) is 3.12. The summed E-state index contributed by atoms with van der Waals surface area (Å²) in [6.45, 7) is 2.47. The van der Waals surface area contributed by atoms with Crippen molar-refractivity contribution in [2.45, 2.75) is 13.5 Å². The lowest BCUT2D eigenvalue weighted by molar-refractivity contribution is 0.0973. The standard InChI is InChI=1S/C16H16N2O/c1-12-4-3-5-15-14(12)7-9-18(15)11-16(19)13-6-8-17(2)10-13/h3-10H,11H2,1-2H3. The van der Waals surface area contributed by atoms with Crippen molar-refractivity contribution in [2.75, 3.05) is 0 Å². The number of hydrogen-bond acceptors (Lipinski definition) is 1. The summed E-state index contributed by atoms with van der Waals surface area (Å²) in [5.74, 6) is 0.139. The molecule has 0 aliphatic carbocycles. The Morgan fingerprint density at radius 2 is 2.00 bits per heavy atom. The average Bonchev–Trinajstić information content (AvgIpc) is 2.98. The van der Waals surface area contributed by atoms with Crippen molar-refractivity contribution in [3.8, 4) is 0 Å². The Balaban J connectivity index is 1.94. The SMILES string of the molecule is Cc1cccc2c1ccn2CC(=O)c1ccn(C)c1. The maximum absolute atomic E-state index is 12.2. The molecule has 2 heterocycles. The molecule has 0 saturated heterocycles. The zero-order valence-corrected chi connectivity index (χ0v) is 11.1. The van der Waals surface area contributed by atoms with Crippen LogP contribution in [-0.2, 0) is 13.6 Å². The van der Waals surface area contributed by atoms with E-state index in [9.17, 15) is 4.79 Å². The Kier molecular flexibility index (Phi) is 2.75. The lowest BCUT2D eigenvalue weighted by atomic mass is 10.1. The summed E-state index contributed by atoms with van der Waals surface area (Å²) in [7, 11) is 1.92. The first kappa shape index (κ1) is 11.8. The van der Waals surface area contributed by atoms with Crippen LogP contribution in [0.4, 0.5) is 0 Å². The molecule has 0 aliphatic rings. The molecule has 0 unspecified atom stereocenters. The van der Waals surface area contributed by atoms with Crippen LogP contribution in [0.2, 0.25) is 0 Å². The molecule has 96 valence electrons. The Morgan fingerprint density at radius 3 is 2.74 bits per heavy atom. The normalized spacial score (nSPS) is 11.1.